The van der Waals surface area contributed by atoms with Gasteiger partial charge in [-0.25, -0.2) is 0 Å². The highest BCUT2D eigenvalue weighted by atomic mass is 35.5. The molecule has 166 valence electrons. The molecule has 4 atom stereocenters. The number of carbonyl (C=O) groups excluding carboxylic acids is 1. The number of aliphatic hydroxyl groups is 1. The van der Waals surface area contributed by atoms with E-state index < -0.39 is 5.92 Å². The molecule has 1 aliphatic rings. The maximum Gasteiger partial charge on any atom is 0.146 e. The fourth-order valence-electron chi connectivity index (χ4n) is 3.49. The van der Waals surface area contributed by atoms with E-state index in [0.717, 1.165) is 23.5 Å². The minimum Gasteiger partial charge on any atom is -0.393 e. The topological polar surface area (TPSA) is 68.1 Å². The third-order valence-corrected chi connectivity index (χ3v) is 6.24. The zero-order valence-electron chi connectivity index (χ0n) is 18.1. The Labute approximate surface area is 184 Å². The van der Waals surface area contributed by atoms with Gasteiger partial charge in [-0.2, -0.15) is 11.8 Å². The standard InChI is InChI=1S/C22H36ClNO4S/c1-5-20(24-28-14-17(4)27-9-7-8-23)22-19(13-25)11-18(12-21(22)26)10-16(3)15-29-6-2/h7-8,11,16-18,22,25H,5-6,9-10,12-15H2,1-4H3/b8-7?,24-20+. The summed E-state index contributed by atoms with van der Waals surface area (Å²) in [4.78, 5) is 18.4. The Morgan fingerprint density at radius 3 is 2.83 bits per heavy atom. The maximum absolute atomic E-state index is 12.9. The number of Topliss-reactive ketones (excluding diaryl/α,β-unsaturated/α-hetero) is 1. The minimum atomic E-state index is -0.475. The van der Waals surface area contributed by atoms with Crippen LogP contribution in [0.4, 0.5) is 0 Å². The highest BCUT2D eigenvalue weighted by Gasteiger charge is 2.33. The van der Waals surface area contributed by atoms with Crippen molar-refractivity contribution in [1.82, 2.24) is 0 Å². The first kappa shape index (κ1) is 26.2. The Kier molecular flexibility index (Phi) is 13.6. The van der Waals surface area contributed by atoms with Crippen LogP contribution in [0.5, 0.6) is 0 Å². The summed E-state index contributed by atoms with van der Waals surface area (Å²) in [6.45, 7) is 8.79. The smallest absolute Gasteiger partial charge is 0.146 e. The number of aliphatic hydroxyl groups excluding tert-OH is 1. The van der Waals surface area contributed by atoms with Crippen molar-refractivity contribution in [2.75, 3.05) is 31.3 Å². The number of nitrogens with zero attached hydrogens (tertiary/aromatic N) is 1. The highest BCUT2D eigenvalue weighted by molar-refractivity contribution is 7.99. The molecular weight excluding hydrogens is 410 g/mol. The largest absolute Gasteiger partial charge is 0.393 e. The fraction of sp³-hybridized carbons (Fsp3) is 0.727. The quantitative estimate of drug-likeness (QED) is 0.235. The van der Waals surface area contributed by atoms with Crippen LogP contribution < -0.4 is 0 Å². The molecule has 0 aromatic heterocycles. The second-order valence-electron chi connectivity index (χ2n) is 7.50. The molecule has 7 heteroatoms. The normalized spacial score (nSPS) is 22.6. The number of hydrogen-bond acceptors (Lipinski definition) is 6. The molecule has 0 heterocycles. The summed E-state index contributed by atoms with van der Waals surface area (Å²) < 4.78 is 5.50. The van der Waals surface area contributed by atoms with Gasteiger partial charge in [0.25, 0.3) is 0 Å². The summed E-state index contributed by atoms with van der Waals surface area (Å²) in [6, 6.07) is 0. The van der Waals surface area contributed by atoms with E-state index in [1.54, 1.807) is 6.08 Å². The molecule has 0 bridgehead atoms. The van der Waals surface area contributed by atoms with E-state index in [1.807, 2.05) is 25.6 Å². The first-order valence-corrected chi connectivity index (χ1v) is 12.0. The van der Waals surface area contributed by atoms with Gasteiger partial charge in [-0.3, -0.25) is 4.79 Å². The molecule has 0 saturated carbocycles. The number of ketones is 1. The van der Waals surface area contributed by atoms with Crippen molar-refractivity contribution in [1.29, 1.82) is 0 Å². The Morgan fingerprint density at radius 1 is 1.45 bits per heavy atom. The molecule has 1 rings (SSSR count). The Hall–Kier alpha value is -0.820. The van der Waals surface area contributed by atoms with Gasteiger partial charge in [0.2, 0.25) is 0 Å². The Morgan fingerprint density at radius 2 is 2.21 bits per heavy atom. The summed E-state index contributed by atoms with van der Waals surface area (Å²) in [5.74, 6) is 2.59. The molecule has 0 aliphatic heterocycles. The Bertz CT molecular complexity index is 579. The lowest BCUT2D eigenvalue weighted by Crippen LogP contribution is -2.33. The van der Waals surface area contributed by atoms with Crippen molar-refractivity contribution < 1.29 is 19.5 Å². The van der Waals surface area contributed by atoms with E-state index in [1.165, 1.54) is 5.54 Å². The van der Waals surface area contributed by atoms with Crippen LogP contribution in [-0.4, -0.2) is 54.0 Å². The van der Waals surface area contributed by atoms with Crippen molar-refractivity contribution in [3.63, 3.8) is 0 Å². The lowest BCUT2D eigenvalue weighted by molar-refractivity contribution is -0.121. The second-order valence-corrected chi connectivity index (χ2v) is 9.07. The van der Waals surface area contributed by atoms with E-state index in [4.69, 9.17) is 21.2 Å². The first-order valence-electron chi connectivity index (χ1n) is 10.4. The molecule has 0 radical (unpaired) electrons. The summed E-state index contributed by atoms with van der Waals surface area (Å²) in [5, 5.41) is 14.1. The highest BCUT2D eigenvalue weighted by Crippen LogP contribution is 2.32. The van der Waals surface area contributed by atoms with Crippen LogP contribution in [0.2, 0.25) is 0 Å². The van der Waals surface area contributed by atoms with Crippen LogP contribution in [0.3, 0.4) is 0 Å². The van der Waals surface area contributed by atoms with Gasteiger partial charge in [0.15, 0.2) is 0 Å². The molecular formula is C22H36ClNO4S. The fourth-order valence-corrected chi connectivity index (χ4v) is 4.34. The van der Waals surface area contributed by atoms with Crippen LogP contribution >= 0.6 is 23.4 Å². The SMILES string of the molecule is CCSCC(C)CC1C=C(CO)C(/C(CC)=N/OCC(C)OCC=CCl)C(=O)C1. The summed E-state index contributed by atoms with van der Waals surface area (Å²) in [6.07, 6.45) is 5.71. The van der Waals surface area contributed by atoms with Gasteiger partial charge < -0.3 is 14.7 Å². The van der Waals surface area contributed by atoms with Crippen LogP contribution in [0.15, 0.2) is 28.4 Å². The van der Waals surface area contributed by atoms with Gasteiger partial charge >= 0.3 is 0 Å². The number of oxime groups is 1. The average molecular weight is 446 g/mol. The third kappa shape index (κ3) is 9.69. The Balaban J connectivity index is 2.75. The van der Waals surface area contributed by atoms with Crippen LogP contribution in [0.1, 0.15) is 47.0 Å². The number of halogens is 1. The average Bonchev–Trinajstić information content (AvgIpc) is 2.70. The predicted octanol–water partition coefficient (Wildman–Crippen LogP) is 4.83. The van der Waals surface area contributed by atoms with Gasteiger partial charge in [-0.05, 0) is 54.8 Å². The molecule has 0 aromatic rings. The third-order valence-electron chi connectivity index (χ3n) is 4.85. The maximum atomic E-state index is 12.9. The molecule has 0 spiro atoms. The van der Waals surface area contributed by atoms with Gasteiger partial charge in [0.1, 0.15) is 12.4 Å². The summed E-state index contributed by atoms with van der Waals surface area (Å²) in [5.41, 5.74) is 2.83. The lowest BCUT2D eigenvalue weighted by Gasteiger charge is -2.29. The predicted molar refractivity (Wildman–Crippen MR) is 123 cm³/mol. The first-order chi connectivity index (χ1) is 14.0. The van der Waals surface area contributed by atoms with E-state index in [-0.39, 0.29) is 31.0 Å². The lowest BCUT2D eigenvalue weighted by atomic mass is 9.76. The monoisotopic (exact) mass is 445 g/mol. The van der Waals surface area contributed by atoms with Crippen molar-refractivity contribution in [3.8, 4) is 0 Å². The van der Waals surface area contributed by atoms with Crippen molar-refractivity contribution in [3.05, 3.63) is 23.3 Å². The zero-order valence-corrected chi connectivity index (χ0v) is 19.7. The van der Waals surface area contributed by atoms with Gasteiger partial charge in [0.05, 0.1) is 30.9 Å². The van der Waals surface area contributed by atoms with E-state index in [9.17, 15) is 9.90 Å². The van der Waals surface area contributed by atoms with Crippen LogP contribution in [-0.2, 0) is 14.4 Å². The number of carbonyl (C=O) groups is 1. The summed E-state index contributed by atoms with van der Waals surface area (Å²) in [7, 11) is 0. The van der Waals surface area contributed by atoms with Gasteiger partial charge in [0, 0.05) is 12.0 Å². The molecule has 0 aromatic carbocycles. The van der Waals surface area contributed by atoms with Crippen LogP contribution in [0.25, 0.3) is 0 Å². The second kappa shape index (κ2) is 15.1. The van der Waals surface area contributed by atoms with Crippen molar-refractivity contribution in [2.24, 2.45) is 22.9 Å². The minimum absolute atomic E-state index is 0.123. The van der Waals surface area contributed by atoms with Gasteiger partial charge in [-0.15, -0.1) is 0 Å². The molecule has 1 aliphatic carbocycles. The number of allylic oxidation sites excluding steroid dienone is 1. The van der Waals surface area contributed by atoms with Crippen molar-refractivity contribution >= 4 is 34.9 Å². The van der Waals surface area contributed by atoms with Crippen LogP contribution in [0, 0.1) is 17.8 Å². The number of hydrogen-bond donors (Lipinski definition) is 1. The number of ether oxygens (including phenoxy) is 1. The molecule has 0 saturated heterocycles. The molecule has 0 amide bonds. The molecule has 4 unspecified atom stereocenters. The molecule has 0 fully saturated rings. The number of rotatable bonds is 14. The molecule has 1 N–H and O–H groups in total. The van der Waals surface area contributed by atoms with E-state index >= 15 is 0 Å². The number of thioether (sulfide) groups is 1. The molecule has 5 nitrogen and oxygen atoms in total. The molecule has 29 heavy (non-hydrogen) atoms. The van der Waals surface area contributed by atoms with E-state index in [2.05, 4.69) is 25.1 Å². The van der Waals surface area contributed by atoms with E-state index in [0.29, 0.717) is 31.1 Å². The van der Waals surface area contributed by atoms with Crippen molar-refractivity contribution in [2.45, 2.75) is 53.1 Å². The summed E-state index contributed by atoms with van der Waals surface area (Å²) >= 11 is 7.39. The van der Waals surface area contributed by atoms with Gasteiger partial charge in [-0.1, -0.05) is 43.6 Å². The zero-order chi connectivity index (χ0) is 21.6.